The Morgan fingerprint density at radius 1 is 1.17 bits per heavy atom. The van der Waals surface area contributed by atoms with Crippen LogP contribution < -0.4 is 0 Å². The number of hydrogen-bond donors (Lipinski definition) is 0. The number of ether oxygens (including phenoxy) is 1. The van der Waals surface area contributed by atoms with Crippen molar-refractivity contribution in [3.8, 4) is 6.07 Å². The van der Waals surface area contributed by atoms with Crippen LogP contribution in [0.2, 0.25) is 5.02 Å². The molecule has 0 amide bonds. The van der Waals surface area contributed by atoms with Crippen molar-refractivity contribution in [2.24, 2.45) is 0 Å². The van der Waals surface area contributed by atoms with Crippen molar-refractivity contribution < 1.29 is 9.53 Å². The van der Waals surface area contributed by atoms with E-state index in [1.807, 2.05) is 48.5 Å². The van der Waals surface area contributed by atoms with Crippen molar-refractivity contribution >= 4 is 17.6 Å². The van der Waals surface area contributed by atoms with Gasteiger partial charge in [-0.15, -0.1) is 0 Å². The van der Waals surface area contributed by atoms with Gasteiger partial charge in [0.2, 0.25) is 0 Å². The quantitative estimate of drug-likeness (QED) is 0.723. The van der Waals surface area contributed by atoms with E-state index in [0.29, 0.717) is 11.6 Å². The van der Waals surface area contributed by atoms with E-state index in [-0.39, 0.29) is 18.3 Å². The van der Waals surface area contributed by atoms with E-state index >= 15 is 0 Å². The maximum atomic E-state index is 12.0. The summed E-state index contributed by atoms with van der Waals surface area (Å²) in [5.74, 6) is -1.15. The number of esters is 1. The van der Waals surface area contributed by atoms with Crippen molar-refractivity contribution in [1.29, 1.82) is 5.26 Å². The third kappa shape index (κ3) is 4.34. The van der Waals surface area contributed by atoms with Gasteiger partial charge in [-0.1, -0.05) is 60.1 Å². The van der Waals surface area contributed by atoms with Crippen LogP contribution in [0.3, 0.4) is 0 Å². The largest absolute Gasteiger partial charge is 0.466 e. The fourth-order valence-electron chi connectivity index (χ4n) is 2.64. The molecule has 23 heavy (non-hydrogen) atoms. The van der Waals surface area contributed by atoms with Crippen molar-refractivity contribution in [3.05, 3.63) is 70.7 Å². The summed E-state index contributed by atoms with van der Waals surface area (Å²) in [6.07, 6.45) is 0.116. The molecule has 2 atom stereocenters. The average molecular weight is 328 g/mol. The van der Waals surface area contributed by atoms with Gasteiger partial charge in [0.1, 0.15) is 0 Å². The Morgan fingerprint density at radius 3 is 2.43 bits per heavy atom. The third-order valence-electron chi connectivity index (χ3n) is 3.70. The van der Waals surface area contributed by atoms with E-state index in [1.54, 1.807) is 13.0 Å². The zero-order valence-electron chi connectivity index (χ0n) is 12.9. The molecule has 3 nitrogen and oxygen atoms in total. The van der Waals surface area contributed by atoms with Gasteiger partial charge in [0.05, 0.1) is 25.0 Å². The molecular weight excluding hydrogens is 310 g/mol. The molecule has 0 saturated heterocycles. The molecule has 0 aliphatic rings. The Hall–Kier alpha value is -2.31. The molecule has 0 heterocycles. The van der Waals surface area contributed by atoms with E-state index < -0.39 is 5.92 Å². The van der Waals surface area contributed by atoms with Gasteiger partial charge in [-0.25, -0.2) is 0 Å². The second kappa shape index (κ2) is 8.36. The Kier molecular flexibility index (Phi) is 6.19. The molecule has 118 valence electrons. The molecule has 2 aromatic carbocycles. The van der Waals surface area contributed by atoms with Gasteiger partial charge in [-0.05, 0) is 24.1 Å². The van der Waals surface area contributed by atoms with Gasteiger partial charge in [-0.2, -0.15) is 5.26 Å². The minimum Gasteiger partial charge on any atom is -0.466 e. The summed E-state index contributed by atoms with van der Waals surface area (Å²) in [6, 6.07) is 19.1. The van der Waals surface area contributed by atoms with Crippen LogP contribution in [-0.4, -0.2) is 12.6 Å². The summed E-state index contributed by atoms with van der Waals surface area (Å²) < 4.78 is 5.07. The van der Waals surface area contributed by atoms with Crippen molar-refractivity contribution in [3.63, 3.8) is 0 Å². The first kappa shape index (κ1) is 17.1. The standard InChI is InChI=1S/C19H18ClNO2/c1-2-23-19(22)12-16(15-10-6-7-11-18(15)20)17(13-21)14-8-4-3-5-9-14/h3-11,16-17H,2,12H2,1H3. The van der Waals surface area contributed by atoms with Crippen LogP contribution in [0.25, 0.3) is 0 Å². The van der Waals surface area contributed by atoms with Crippen LogP contribution in [0, 0.1) is 11.3 Å². The number of carbonyl (C=O) groups excluding carboxylic acids is 1. The van der Waals surface area contributed by atoms with Gasteiger partial charge in [-0.3, -0.25) is 4.79 Å². The SMILES string of the molecule is CCOC(=O)CC(c1ccccc1Cl)C(C#N)c1ccccc1. The Labute approximate surface area is 141 Å². The van der Waals surface area contributed by atoms with Gasteiger partial charge in [0.15, 0.2) is 0 Å². The highest BCUT2D eigenvalue weighted by atomic mass is 35.5. The average Bonchev–Trinajstić information content (AvgIpc) is 2.56. The monoisotopic (exact) mass is 327 g/mol. The van der Waals surface area contributed by atoms with E-state index in [4.69, 9.17) is 16.3 Å². The lowest BCUT2D eigenvalue weighted by Crippen LogP contribution is -2.17. The van der Waals surface area contributed by atoms with Gasteiger partial charge in [0.25, 0.3) is 0 Å². The van der Waals surface area contributed by atoms with Crippen LogP contribution in [0.1, 0.15) is 36.3 Å². The van der Waals surface area contributed by atoms with Crippen LogP contribution >= 0.6 is 11.6 Å². The minimum absolute atomic E-state index is 0.116. The predicted molar refractivity (Wildman–Crippen MR) is 90.2 cm³/mol. The van der Waals surface area contributed by atoms with Gasteiger partial charge >= 0.3 is 5.97 Å². The molecule has 4 heteroatoms. The van der Waals surface area contributed by atoms with E-state index in [1.165, 1.54) is 0 Å². The highest BCUT2D eigenvalue weighted by Crippen LogP contribution is 2.38. The first-order chi connectivity index (χ1) is 11.2. The molecule has 0 radical (unpaired) electrons. The molecule has 2 rings (SSSR count). The molecule has 0 aliphatic heterocycles. The molecule has 0 saturated carbocycles. The number of nitriles is 1. The molecule has 2 unspecified atom stereocenters. The van der Waals surface area contributed by atoms with Crippen LogP contribution in [-0.2, 0) is 9.53 Å². The highest BCUT2D eigenvalue weighted by Gasteiger charge is 2.29. The second-order valence-electron chi connectivity index (χ2n) is 5.15. The molecule has 0 N–H and O–H groups in total. The third-order valence-corrected chi connectivity index (χ3v) is 4.04. The lowest BCUT2D eigenvalue weighted by atomic mass is 9.80. The number of hydrogen-bond acceptors (Lipinski definition) is 3. The summed E-state index contributed by atoms with van der Waals surface area (Å²) in [5, 5.41) is 10.3. The lowest BCUT2D eigenvalue weighted by molar-refractivity contribution is -0.143. The smallest absolute Gasteiger partial charge is 0.306 e. The van der Waals surface area contributed by atoms with Crippen molar-refractivity contribution in [2.75, 3.05) is 6.61 Å². The van der Waals surface area contributed by atoms with Crippen molar-refractivity contribution in [1.82, 2.24) is 0 Å². The van der Waals surface area contributed by atoms with E-state index in [2.05, 4.69) is 6.07 Å². The first-order valence-corrected chi connectivity index (χ1v) is 7.89. The topological polar surface area (TPSA) is 50.1 Å². The summed E-state index contributed by atoms with van der Waals surface area (Å²) in [6.45, 7) is 2.08. The summed E-state index contributed by atoms with van der Waals surface area (Å²) in [5.41, 5.74) is 1.65. The van der Waals surface area contributed by atoms with Gasteiger partial charge in [0, 0.05) is 10.9 Å². The van der Waals surface area contributed by atoms with E-state index in [0.717, 1.165) is 11.1 Å². The molecule has 0 aliphatic carbocycles. The molecule has 0 aromatic heterocycles. The predicted octanol–water partition coefficient (Wildman–Crippen LogP) is 4.68. The minimum atomic E-state index is -0.472. The Bertz CT molecular complexity index is 694. The maximum absolute atomic E-state index is 12.0. The zero-order valence-corrected chi connectivity index (χ0v) is 13.7. The fourth-order valence-corrected chi connectivity index (χ4v) is 2.92. The molecule has 2 aromatic rings. The van der Waals surface area contributed by atoms with Crippen LogP contribution in [0.5, 0.6) is 0 Å². The Balaban J connectivity index is 2.42. The number of benzene rings is 2. The van der Waals surface area contributed by atoms with Crippen LogP contribution in [0.15, 0.2) is 54.6 Å². The van der Waals surface area contributed by atoms with E-state index in [9.17, 15) is 10.1 Å². The first-order valence-electron chi connectivity index (χ1n) is 7.52. The van der Waals surface area contributed by atoms with Crippen molar-refractivity contribution in [2.45, 2.75) is 25.2 Å². The highest BCUT2D eigenvalue weighted by molar-refractivity contribution is 6.31. The maximum Gasteiger partial charge on any atom is 0.306 e. The lowest BCUT2D eigenvalue weighted by Gasteiger charge is -2.23. The molecule has 0 fully saturated rings. The number of rotatable bonds is 6. The second-order valence-corrected chi connectivity index (χ2v) is 5.56. The summed E-state index contributed by atoms with van der Waals surface area (Å²) in [4.78, 5) is 12.0. The fraction of sp³-hybridized carbons (Fsp3) is 0.263. The zero-order chi connectivity index (χ0) is 16.7. The number of halogens is 1. The molecular formula is C19H18ClNO2. The number of carbonyl (C=O) groups is 1. The number of nitrogens with zero attached hydrogens (tertiary/aromatic N) is 1. The molecule has 0 spiro atoms. The Morgan fingerprint density at radius 2 is 1.83 bits per heavy atom. The summed E-state index contributed by atoms with van der Waals surface area (Å²) >= 11 is 6.31. The molecule has 0 bridgehead atoms. The normalized spacial score (nSPS) is 12.9. The summed E-state index contributed by atoms with van der Waals surface area (Å²) in [7, 11) is 0. The van der Waals surface area contributed by atoms with Crippen LogP contribution in [0.4, 0.5) is 0 Å². The van der Waals surface area contributed by atoms with Gasteiger partial charge < -0.3 is 4.74 Å².